The Morgan fingerprint density at radius 2 is 2.00 bits per heavy atom. The van der Waals surface area contributed by atoms with Crippen LogP contribution >= 0.6 is 0 Å². The number of pyridine rings is 1. The minimum atomic E-state index is -0.522. The van der Waals surface area contributed by atoms with Crippen LogP contribution in [0.4, 0.5) is 15.8 Å². The second-order valence-corrected chi connectivity index (χ2v) is 3.56. The van der Waals surface area contributed by atoms with Crippen molar-refractivity contribution in [2.75, 3.05) is 11.9 Å². The maximum absolute atomic E-state index is 13.0. The first-order valence-corrected chi connectivity index (χ1v) is 5.06. The van der Waals surface area contributed by atoms with E-state index in [0.29, 0.717) is 11.3 Å². The summed E-state index contributed by atoms with van der Waals surface area (Å²) >= 11 is 0. The van der Waals surface area contributed by atoms with E-state index >= 15 is 0 Å². The molecule has 0 unspecified atom stereocenters. The van der Waals surface area contributed by atoms with E-state index in [1.807, 2.05) is 13.1 Å². The molecule has 0 saturated carbocycles. The van der Waals surface area contributed by atoms with Crippen LogP contribution in [0.25, 0.3) is 0 Å². The Morgan fingerprint density at radius 1 is 1.24 bits per heavy atom. The van der Waals surface area contributed by atoms with E-state index in [1.165, 1.54) is 12.3 Å². The number of nitrogens with zero attached hydrogens (tertiary/aromatic N) is 3. The predicted octanol–water partition coefficient (Wildman–Crippen LogP) is 2.86. The average Bonchev–Trinajstić information content (AvgIpc) is 2.38. The highest BCUT2D eigenvalue weighted by molar-refractivity contribution is 5.63. The zero-order valence-electron chi connectivity index (χ0n) is 9.26. The highest BCUT2D eigenvalue weighted by atomic mass is 19.1. The zero-order valence-corrected chi connectivity index (χ0v) is 9.26. The van der Waals surface area contributed by atoms with E-state index in [9.17, 15) is 4.39 Å². The molecule has 84 valence electrons. The molecule has 1 aromatic heterocycles. The van der Waals surface area contributed by atoms with Crippen LogP contribution in [-0.2, 0) is 0 Å². The van der Waals surface area contributed by atoms with Gasteiger partial charge in [0.1, 0.15) is 0 Å². The highest BCUT2D eigenvalue weighted by Gasteiger charge is 2.05. The number of hydrogen-bond acceptors (Lipinski definition) is 3. The van der Waals surface area contributed by atoms with Gasteiger partial charge in [-0.15, -0.1) is 0 Å². The molecule has 1 heterocycles. The maximum atomic E-state index is 13.0. The normalized spacial score (nSPS) is 9.71. The number of rotatable bonds is 2. The largest absolute Gasteiger partial charge is 0.344 e. The van der Waals surface area contributed by atoms with Crippen molar-refractivity contribution in [3.05, 3.63) is 54.1 Å². The Morgan fingerprint density at radius 3 is 2.71 bits per heavy atom. The first kappa shape index (κ1) is 11.1. The summed E-state index contributed by atoms with van der Waals surface area (Å²) in [4.78, 5) is 5.30. The summed E-state index contributed by atoms with van der Waals surface area (Å²) in [6.07, 6.45) is 1.41. The van der Waals surface area contributed by atoms with Gasteiger partial charge in [0.15, 0.2) is 0 Å². The van der Waals surface area contributed by atoms with Crippen molar-refractivity contribution in [2.24, 2.45) is 0 Å². The van der Waals surface area contributed by atoms with Gasteiger partial charge < -0.3 is 4.90 Å². The van der Waals surface area contributed by atoms with Gasteiger partial charge in [-0.1, -0.05) is 6.07 Å². The average molecular weight is 227 g/mol. The van der Waals surface area contributed by atoms with Crippen molar-refractivity contribution in [1.82, 2.24) is 4.98 Å². The summed E-state index contributed by atoms with van der Waals surface area (Å²) in [5.41, 5.74) is 2.09. The number of anilines is 2. The Labute approximate surface area is 98.8 Å². The smallest absolute Gasteiger partial charge is 0.214 e. The third kappa shape index (κ3) is 2.40. The Kier molecular flexibility index (Phi) is 3.01. The quantitative estimate of drug-likeness (QED) is 0.740. The number of halogens is 1. The van der Waals surface area contributed by atoms with Crippen LogP contribution in [0.5, 0.6) is 0 Å². The van der Waals surface area contributed by atoms with Gasteiger partial charge in [0.05, 0.1) is 11.6 Å². The van der Waals surface area contributed by atoms with Gasteiger partial charge in [-0.2, -0.15) is 9.65 Å². The second kappa shape index (κ2) is 4.62. The first-order chi connectivity index (χ1) is 8.20. The number of benzene rings is 1. The fourth-order valence-electron chi connectivity index (χ4n) is 1.53. The van der Waals surface area contributed by atoms with E-state index in [0.717, 1.165) is 5.69 Å². The fraction of sp³-hybridized carbons (Fsp3) is 0.0769. The molecular formula is C13H10FN3. The molecule has 0 amide bonds. The van der Waals surface area contributed by atoms with Crippen molar-refractivity contribution < 1.29 is 4.39 Å². The summed E-state index contributed by atoms with van der Waals surface area (Å²) in [6.45, 7) is 0. The van der Waals surface area contributed by atoms with Crippen molar-refractivity contribution in [3.63, 3.8) is 0 Å². The van der Waals surface area contributed by atoms with Crippen LogP contribution in [0.3, 0.4) is 0 Å². The molecule has 1 aromatic carbocycles. The molecule has 0 spiro atoms. The van der Waals surface area contributed by atoms with Gasteiger partial charge in [-0.3, -0.25) is 0 Å². The topological polar surface area (TPSA) is 39.9 Å². The third-order valence-electron chi connectivity index (χ3n) is 2.46. The summed E-state index contributed by atoms with van der Waals surface area (Å²) in [5, 5.41) is 8.82. The van der Waals surface area contributed by atoms with Crippen LogP contribution in [-0.4, -0.2) is 12.0 Å². The standard InChI is InChI=1S/C13H10FN3/c1-17(12-5-6-16-13(14)8-12)11-4-2-3-10(7-11)9-15/h2-8H,1H3. The molecule has 2 aromatic rings. The number of aromatic nitrogens is 1. The number of hydrogen-bond donors (Lipinski definition) is 0. The molecule has 0 aliphatic carbocycles. The molecule has 0 aliphatic rings. The van der Waals surface area contributed by atoms with Gasteiger partial charge in [0.25, 0.3) is 0 Å². The summed E-state index contributed by atoms with van der Waals surface area (Å²) in [7, 11) is 1.81. The van der Waals surface area contributed by atoms with Crippen LogP contribution in [0.1, 0.15) is 5.56 Å². The number of nitriles is 1. The van der Waals surface area contributed by atoms with E-state index in [-0.39, 0.29) is 0 Å². The molecule has 0 fully saturated rings. The van der Waals surface area contributed by atoms with E-state index < -0.39 is 5.95 Å². The minimum Gasteiger partial charge on any atom is -0.344 e. The molecular weight excluding hydrogens is 217 g/mol. The van der Waals surface area contributed by atoms with Gasteiger partial charge >= 0.3 is 0 Å². The van der Waals surface area contributed by atoms with Crippen LogP contribution in [0.15, 0.2) is 42.6 Å². The van der Waals surface area contributed by atoms with Gasteiger partial charge in [0.2, 0.25) is 5.95 Å². The highest BCUT2D eigenvalue weighted by Crippen LogP contribution is 2.23. The summed E-state index contributed by atoms with van der Waals surface area (Å²) in [5.74, 6) is -0.522. The lowest BCUT2D eigenvalue weighted by Crippen LogP contribution is -2.09. The van der Waals surface area contributed by atoms with Crippen LogP contribution in [0.2, 0.25) is 0 Å². The molecule has 4 heteroatoms. The summed E-state index contributed by atoms with van der Waals surface area (Å²) < 4.78 is 13.0. The van der Waals surface area contributed by atoms with Crippen molar-refractivity contribution >= 4 is 11.4 Å². The Bertz CT molecular complexity index is 575. The predicted molar refractivity (Wildman–Crippen MR) is 63.4 cm³/mol. The first-order valence-electron chi connectivity index (χ1n) is 5.06. The molecule has 0 aliphatic heterocycles. The SMILES string of the molecule is CN(c1cccc(C#N)c1)c1ccnc(F)c1. The van der Waals surface area contributed by atoms with Gasteiger partial charge in [0, 0.05) is 30.7 Å². The zero-order chi connectivity index (χ0) is 12.3. The lowest BCUT2D eigenvalue weighted by molar-refractivity contribution is 0.584. The monoisotopic (exact) mass is 227 g/mol. The van der Waals surface area contributed by atoms with Crippen molar-refractivity contribution in [1.29, 1.82) is 5.26 Å². The summed E-state index contributed by atoms with van der Waals surface area (Å²) in [6, 6.07) is 12.3. The molecule has 0 N–H and O–H groups in total. The van der Waals surface area contributed by atoms with Gasteiger partial charge in [-0.25, -0.2) is 4.98 Å². The Balaban J connectivity index is 2.37. The fourth-order valence-corrected chi connectivity index (χ4v) is 1.53. The van der Waals surface area contributed by atoms with E-state index in [2.05, 4.69) is 11.1 Å². The van der Waals surface area contributed by atoms with Crippen molar-refractivity contribution in [2.45, 2.75) is 0 Å². The lowest BCUT2D eigenvalue weighted by Gasteiger charge is -2.19. The molecule has 2 rings (SSSR count). The van der Waals surface area contributed by atoms with E-state index in [4.69, 9.17) is 5.26 Å². The molecule has 17 heavy (non-hydrogen) atoms. The van der Waals surface area contributed by atoms with Gasteiger partial charge in [-0.05, 0) is 24.3 Å². The molecule has 0 atom stereocenters. The van der Waals surface area contributed by atoms with Crippen LogP contribution < -0.4 is 4.90 Å². The molecule has 0 saturated heterocycles. The minimum absolute atomic E-state index is 0.522. The molecule has 0 bridgehead atoms. The Hall–Kier alpha value is -2.41. The lowest BCUT2D eigenvalue weighted by atomic mass is 10.2. The van der Waals surface area contributed by atoms with Crippen LogP contribution in [0, 0.1) is 17.3 Å². The molecule has 0 radical (unpaired) electrons. The molecule has 3 nitrogen and oxygen atoms in total. The van der Waals surface area contributed by atoms with Crippen molar-refractivity contribution in [3.8, 4) is 6.07 Å². The third-order valence-corrected chi connectivity index (χ3v) is 2.46. The van der Waals surface area contributed by atoms with E-state index in [1.54, 1.807) is 29.2 Å². The maximum Gasteiger partial charge on any atom is 0.214 e. The second-order valence-electron chi connectivity index (χ2n) is 3.56.